The van der Waals surface area contributed by atoms with E-state index >= 15 is 0 Å². The molecule has 0 aromatic carbocycles. The molecule has 5 heteroatoms. The van der Waals surface area contributed by atoms with Crippen LogP contribution in [-0.4, -0.2) is 48.5 Å². The molecule has 1 heterocycles. The highest BCUT2D eigenvalue weighted by Crippen LogP contribution is 2.14. The second-order valence-electron chi connectivity index (χ2n) is 5.34. The van der Waals surface area contributed by atoms with Crippen LogP contribution in [0.4, 0.5) is 5.69 Å². The second kappa shape index (κ2) is 6.52. The molecule has 0 saturated heterocycles. The minimum atomic E-state index is -0.0982. The van der Waals surface area contributed by atoms with Crippen molar-refractivity contribution >= 4 is 11.6 Å². The van der Waals surface area contributed by atoms with Gasteiger partial charge in [0.25, 0.3) is 5.91 Å². The molecule has 0 aliphatic rings. The lowest BCUT2D eigenvalue weighted by Gasteiger charge is -2.32. The zero-order valence-corrected chi connectivity index (χ0v) is 12.4. The summed E-state index contributed by atoms with van der Waals surface area (Å²) in [6.07, 6.45) is 3.27. The Kier molecular flexibility index (Phi) is 5.30. The third-order valence-electron chi connectivity index (χ3n) is 3.33. The Morgan fingerprint density at radius 2 is 2.11 bits per heavy atom. The van der Waals surface area contributed by atoms with Gasteiger partial charge in [-0.05, 0) is 40.9 Å². The van der Waals surface area contributed by atoms with Crippen molar-refractivity contribution in [3.63, 3.8) is 0 Å². The van der Waals surface area contributed by atoms with Gasteiger partial charge in [-0.3, -0.25) is 9.78 Å². The van der Waals surface area contributed by atoms with Gasteiger partial charge in [-0.2, -0.15) is 0 Å². The highest BCUT2D eigenvalue weighted by Gasteiger charge is 2.22. The van der Waals surface area contributed by atoms with Gasteiger partial charge < -0.3 is 15.5 Å². The van der Waals surface area contributed by atoms with Crippen molar-refractivity contribution in [3.05, 3.63) is 24.0 Å². The Morgan fingerprint density at radius 3 is 2.68 bits per heavy atom. The zero-order valence-electron chi connectivity index (χ0n) is 12.4. The van der Waals surface area contributed by atoms with E-state index in [1.54, 1.807) is 12.4 Å². The quantitative estimate of drug-likeness (QED) is 0.819. The molecule has 0 unspecified atom stereocenters. The topological polar surface area (TPSA) is 57.3 Å². The summed E-state index contributed by atoms with van der Waals surface area (Å²) >= 11 is 0. The maximum Gasteiger partial charge on any atom is 0.255 e. The molecule has 5 nitrogen and oxygen atoms in total. The van der Waals surface area contributed by atoms with Gasteiger partial charge in [-0.15, -0.1) is 0 Å². The molecular formula is C14H24N4O. The Labute approximate surface area is 115 Å². The number of carbonyl (C=O) groups excluding carboxylic acids is 1. The van der Waals surface area contributed by atoms with Crippen LogP contribution < -0.4 is 10.6 Å². The number of nitrogens with zero attached hydrogens (tertiary/aromatic N) is 2. The van der Waals surface area contributed by atoms with Gasteiger partial charge in [0.15, 0.2) is 0 Å². The molecule has 0 fully saturated rings. The van der Waals surface area contributed by atoms with Gasteiger partial charge in [-0.25, -0.2) is 0 Å². The molecule has 0 aliphatic heterocycles. The fourth-order valence-electron chi connectivity index (χ4n) is 1.47. The van der Waals surface area contributed by atoms with E-state index in [1.807, 2.05) is 27.1 Å². The van der Waals surface area contributed by atoms with Gasteiger partial charge in [0.05, 0.1) is 11.3 Å². The summed E-state index contributed by atoms with van der Waals surface area (Å²) in [7, 11) is 4.00. The maximum atomic E-state index is 12.2. The normalized spacial score (nSPS) is 11.5. The lowest BCUT2D eigenvalue weighted by Crippen LogP contribution is -2.48. The van der Waals surface area contributed by atoms with Gasteiger partial charge in [0.2, 0.25) is 0 Å². The number of aromatic nitrogens is 1. The molecule has 1 aromatic rings. The van der Waals surface area contributed by atoms with E-state index in [4.69, 9.17) is 0 Å². The van der Waals surface area contributed by atoms with Crippen LogP contribution in [0.3, 0.4) is 0 Å². The van der Waals surface area contributed by atoms with Crippen molar-refractivity contribution in [2.24, 2.45) is 0 Å². The molecule has 1 amide bonds. The summed E-state index contributed by atoms with van der Waals surface area (Å²) in [5.74, 6) is -0.0982. The van der Waals surface area contributed by atoms with Crippen molar-refractivity contribution < 1.29 is 4.79 Å². The van der Waals surface area contributed by atoms with E-state index in [0.717, 1.165) is 12.2 Å². The summed E-state index contributed by atoms with van der Waals surface area (Å²) in [6, 6.07) is 1.81. The van der Waals surface area contributed by atoms with Crippen LogP contribution >= 0.6 is 0 Å². The number of carbonyl (C=O) groups is 1. The first-order valence-electron chi connectivity index (χ1n) is 6.52. The molecule has 0 spiro atoms. The number of anilines is 1. The predicted octanol–water partition coefficient (Wildman–Crippen LogP) is 1.58. The first-order chi connectivity index (χ1) is 8.88. The van der Waals surface area contributed by atoms with Crippen LogP contribution in [0.15, 0.2) is 18.5 Å². The third kappa shape index (κ3) is 4.21. The van der Waals surface area contributed by atoms with E-state index in [1.165, 1.54) is 0 Å². The van der Waals surface area contributed by atoms with E-state index in [-0.39, 0.29) is 11.4 Å². The molecule has 1 rings (SSSR count). The van der Waals surface area contributed by atoms with E-state index < -0.39 is 0 Å². The molecule has 0 atom stereocenters. The fourth-order valence-corrected chi connectivity index (χ4v) is 1.47. The number of rotatable bonds is 6. The maximum absolute atomic E-state index is 12.2. The fraction of sp³-hybridized carbons (Fsp3) is 0.571. The largest absolute Gasteiger partial charge is 0.385 e. The number of nitrogens with one attached hydrogen (secondary N) is 2. The number of amides is 1. The van der Waals surface area contributed by atoms with Crippen molar-refractivity contribution in [2.45, 2.75) is 26.3 Å². The van der Waals surface area contributed by atoms with E-state index in [9.17, 15) is 4.79 Å². The Hall–Kier alpha value is -1.62. The van der Waals surface area contributed by atoms with Crippen LogP contribution in [0.1, 0.15) is 31.1 Å². The smallest absolute Gasteiger partial charge is 0.255 e. The van der Waals surface area contributed by atoms with Crippen molar-refractivity contribution in [2.75, 3.05) is 32.5 Å². The Morgan fingerprint density at radius 1 is 1.42 bits per heavy atom. The molecule has 106 valence electrons. The summed E-state index contributed by atoms with van der Waals surface area (Å²) < 4.78 is 0. The zero-order chi connectivity index (χ0) is 14.5. The summed E-state index contributed by atoms with van der Waals surface area (Å²) in [4.78, 5) is 18.3. The van der Waals surface area contributed by atoms with E-state index in [2.05, 4.69) is 34.4 Å². The Bertz CT molecular complexity index is 429. The predicted molar refractivity (Wildman–Crippen MR) is 78.5 cm³/mol. The summed E-state index contributed by atoms with van der Waals surface area (Å²) in [6.45, 7) is 7.52. The average Bonchev–Trinajstić information content (AvgIpc) is 2.37. The first-order valence-corrected chi connectivity index (χ1v) is 6.52. The third-order valence-corrected chi connectivity index (χ3v) is 3.33. The minimum Gasteiger partial charge on any atom is -0.385 e. The number of pyridine rings is 1. The van der Waals surface area contributed by atoms with Crippen LogP contribution in [0.25, 0.3) is 0 Å². The van der Waals surface area contributed by atoms with Gasteiger partial charge >= 0.3 is 0 Å². The van der Waals surface area contributed by atoms with Gasteiger partial charge in [0, 0.05) is 31.0 Å². The Balaban J connectivity index is 2.74. The molecular weight excluding hydrogens is 240 g/mol. The minimum absolute atomic E-state index is 0.0871. The molecule has 1 aromatic heterocycles. The van der Waals surface area contributed by atoms with Gasteiger partial charge in [0.1, 0.15) is 0 Å². The van der Waals surface area contributed by atoms with Crippen molar-refractivity contribution in [3.8, 4) is 0 Å². The van der Waals surface area contributed by atoms with Crippen LogP contribution in [0.5, 0.6) is 0 Å². The molecule has 2 N–H and O–H groups in total. The molecule has 0 saturated carbocycles. The second-order valence-corrected chi connectivity index (χ2v) is 5.34. The van der Waals surface area contributed by atoms with E-state index in [0.29, 0.717) is 12.1 Å². The highest BCUT2D eigenvalue weighted by atomic mass is 16.1. The SMILES string of the molecule is CCNc1ccncc1C(=O)NCC(C)(C)N(C)C. The molecule has 0 radical (unpaired) electrons. The molecule has 0 bridgehead atoms. The average molecular weight is 264 g/mol. The molecule has 19 heavy (non-hydrogen) atoms. The lowest BCUT2D eigenvalue weighted by molar-refractivity contribution is 0.0920. The summed E-state index contributed by atoms with van der Waals surface area (Å²) in [5.41, 5.74) is 1.31. The van der Waals surface area contributed by atoms with Crippen LogP contribution in [0, 0.1) is 0 Å². The van der Waals surface area contributed by atoms with Crippen LogP contribution in [0.2, 0.25) is 0 Å². The van der Waals surface area contributed by atoms with Crippen molar-refractivity contribution in [1.82, 2.24) is 15.2 Å². The molecule has 0 aliphatic carbocycles. The highest BCUT2D eigenvalue weighted by molar-refractivity contribution is 5.99. The monoisotopic (exact) mass is 264 g/mol. The summed E-state index contributed by atoms with van der Waals surface area (Å²) in [5, 5.41) is 6.12. The van der Waals surface area contributed by atoms with Crippen molar-refractivity contribution in [1.29, 1.82) is 0 Å². The number of likely N-dealkylation sites (N-methyl/N-ethyl adjacent to an activating group) is 1. The lowest BCUT2D eigenvalue weighted by atomic mass is 10.0. The number of hydrogen-bond donors (Lipinski definition) is 2. The van der Waals surface area contributed by atoms with Gasteiger partial charge in [-0.1, -0.05) is 0 Å². The van der Waals surface area contributed by atoms with Crippen LogP contribution in [-0.2, 0) is 0 Å². The number of hydrogen-bond acceptors (Lipinski definition) is 4. The standard InChI is InChI=1S/C14H24N4O/c1-6-16-12-7-8-15-9-11(12)13(19)17-10-14(2,3)18(4)5/h7-9H,6,10H2,1-5H3,(H,15,16)(H,17,19). The first kappa shape index (κ1) is 15.4.